The topological polar surface area (TPSA) is 164 Å². The van der Waals surface area contributed by atoms with E-state index in [1.54, 1.807) is 12.1 Å². The van der Waals surface area contributed by atoms with Gasteiger partial charge in [0.2, 0.25) is 5.28 Å². The first-order valence-corrected chi connectivity index (χ1v) is 13.3. The summed E-state index contributed by atoms with van der Waals surface area (Å²) in [7, 11) is -3.57. The van der Waals surface area contributed by atoms with Crippen LogP contribution in [0, 0.1) is 0 Å². The lowest BCUT2D eigenvalue weighted by Gasteiger charge is -2.22. The number of anilines is 1. The van der Waals surface area contributed by atoms with Gasteiger partial charge in [-0.25, -0.2) is 14.5 Å². The van der Waals surface area contributed by atoms with Crippen molar-refractivity contribution < 1.29 is 32.9 Å². The molecule has 1 saturated heterocycles. The molecule has 2 unspecified atom stereocenters. The van der Waals surface area contributed by atoms with Crippen molar-refractivity contribution in [1.29, 1.82) is 0 Å². The number of carbonyl (C=O) groups excluding carboxylic acids is 1. The minimum absolute atomic E-state index is 0.00648. The third kappa shape index (κ3) is 5.83. The Hall–Kier alpha value is -2.67. The molecule has 3 aromatic rings. The van der Waals surface area contributed by atoms with E-state index in [-0.39, 0.29) is 28.9 Å². The Morgan fingerprint density at radius 2 is 2.11 bits per heavy atom. The highest BCUT2D eigenvalue weighted by Gasteiger charge is 2.46. The summed E-state index contributed by atoms with van der Waals surface area (Å²) < 4.78 is 45.3. The fourth-order valence-electron chi connectivity index (χ4n) is 3.67. The number of aliphatic hydroxyl groups is 1. The second-order valence-corrected chi connectivity index (χ2v) is 10.8. The number of hydrogen-bond donors (Lipinski definition) is 3. The molecule has 3 heterocycles. The average molecular weight is 543 g/mol. The molecule has 1 fully saturated rings. The van der Waals surface area contributed by atoms with Gasteiger partial charge in [0.15, 0.2) is 23.9 Å². The number of aromatic nitrogens is 4. The molecule has 1 aliphatic rings. The number of carbonyl (C=O) groups is 1. The summed E-state index contributed by atoms with van der Waals surface area (Å²) >= 11 is 5.85. The molecular weight excluding hydrogens is 518 g/mol. The molecule has 36 heavy (non-hydrogen) atoms. The molecule has 1 aromatic carbocycles. The van der Waals surface area contributed by atoms with Gasteiger partial charge in [-0.15, -0.1) is 0 Å². The smallest absolute Gasteiger partial charge is 0.323 e. The van der Waals surface area contributed by atoms with E-state index in [9.17, 15) is 18.9 Å². The Bertz CT molecular complexity index is 1280. The van der Waals surface area contributed by atoms with Gasteiger partial charge in [0, 0.05) is 6.66 Å². The highest BCUT2D eigenvalue weighted by Crippen LogP contribution is 2.41. The summed E-state index contributed by atoms with van der Waals surface area (Å²) in [6.07, 6.45) is -4.74. The summed E-state index contributed by atoms with van der Waals surface area (Å²) in [4.78, 5) is 24.1. The lowest BCUT2D eigenvalue weighted by Crippen LogP contribution is -2.35. The van der Waals surface area contributed by atoms with Crippen LogP contribution in [0.25, 0.3) is 11.2 Å². The number of nitrogen functional groups attached to an aromatic ring is 1. The second-order valence-electron chi connectivity index (χ2n) is 8.29. The molecule has 0 aliphatic carbocycles. The number of alkyl halides is 1. The molecule has 4 rings (SSSR count). The number of halogens is 2. The molecule has 0 radical (unpaired) electrons. The van der Waals surface area contributed by atoms with Crippen LogP contribution in [0.1, 0.15) is 18.7 Å². The number of benzene rings is 1. The van der Waals surface area contributed by atoms with Crippen LogP contribution >= 0.6 is 19.1 Å². The number of esters is 1. The number of fused-ring (bicyclic) bond motifs is 1. The number of rotatable bonds is 9. The van der Waals surface area contributed by atoms with E-state index in [0.29, 0.717) is 0 Å². The first-order chi connectivity index (χ1) is 17.1. The Balaban J connectivity index is 1.34. The first-order valence-electron chi connectivity index (χ1n) is 10.9. The Morgan fingerprint density at radius 1 is 1.39 bits per heavy atom. The summed E-state index contributed by atoms with van der Waals surface area (Å²) in [6, 6.07) is 8.14. The maximum atomic E-state index is 15.0. The van der Waals surface area contributed by atoms with Gasteiger partial charge in [0.25, 0.3) is 7.52 Å². The standard InChI is InChI=1S/C21H25ClFN6O6P/c1-11(20(31)33-8-12-6-4-3-5-7-12)28-36(2,32)34-9-13-16(30)14(23)19(35-13)29-10-25-15-17(24)26-21(22)27-18(15)29/h3-7,10-11,13-14,16,19,30H,8-9H2,1-2H3,(H,28,32)(H2,24,26,27)/t11-,13+,14+,16?,19+,36?/m0/s1. The minimum Gasteiger partial charge on any atom is -0.460 e. The van der Waals surface area contributed by atoms with E-state index in [1.165, 1.54) is 24.5 Å². The third-order valence-electron chi connectivity index (χ3n) is 5.48. The van der Waals surface area contributed by atoms with Crippen molar-refractivity contribution in [2.75, 3.05) is 19.0 Å². The lowest BCUT2D eigenvalue weighted by atomic mass is 10.1. The minimum atomic E-state index is -3.57. The summed E-state index contributed by atoms with van der Waals surface area (Å²) in [5, 5.41) is 12.8. The van der Waals surface area contributed by atoms with Crippen molar-refractivity contribution in [2.45, 2.75) is 44.2 Å². The maximum Gasteiger partial charge on any atom is 0.323 e. The maximum absolute atomic E-state index is 15.0. The largest absolute Gasteiger partial charge is 0.460 e. The predicted octanol–water partition coefficient (Wildman–Crippen LogP) is 2.22. The summed E-state index contributed by atoms with van der Waals surface area (Å²) in [6.45, 7) is 2.37. The van der Waals surface area contributed by atoms with Crippen LogP contribution in [0.4, 0.5) is 10.2 Å². The number of imidazole rings is 1. The van der Waals surface area contributed by atoms with Crippen LogP contribution in [-0.4, -0.2) is 68.3 Å². The van der Waals surface area contributed by atoms with Crippen LogP contribution in [0.3, 0.4) is 0 Å². The van der Waals surface area contributed by atoms with E-state index in [2.05, 4.69) is 20.0 Å². The van der Waals surface area contributed by atoms with Gasteiger partial charge in [-0.2, -0.15) is 9.97 Å². The molecule has 12 nitrogen and oxygen atoms in total. The van der Waals surface area contributed by atoms with E-state index < -0.39 is 50.7 Å². The monoisotopic (exact) mass is 542 g/mol. The Morgan fingerprint density at radius 3 is 2.83 bits per heavy atom. The zero-order chi connectivity index (χ0) is 26.0. The number of hydrogen-bond acceptors (Lipinski definition) is 10. The van der Waals surface area contributed by atoms with Crippen molar-refractivity contribution in [3.8, 4) is 0 Å². The summed E-state index contributed by atoms with van der Waals surface area (Å²) in [5.74, 6) is -0.621. The van der Waals surface area contributed by atoms with E-state index in [1.807, 2.05) is 18.2 Å². The molecule has 1 aliphatic heterocycles. The first kappa shape index (κ1) is 26.4. The SMILES string of the molecule is C[C@H](NP(C)(=O)OC[C@H]1O[C@@H](n2cnc3c(N)nc(Cl)nc32)[C@H](F)C1O)C(=O)OCc1ccccc1. The van der Waals surface area contributed by atoms with Crippen molar-refractivity contribution in [2.24, 2.45) is 0 Å². The fourth-order valence-corrected chi connectivity index (χ4v) is 5.16. The van der Waals surface area contributed by atoms with E-state index in [4.69, 9.17) is 31.3 Å². The molecule has 15 heteroatoms. The highest BCUT2D eigenvalue weighted by molar-refractivity contribution is 7.56. The fraction of sp³-hybridized carbons (Fsp3) is 0.429. The van der Waals surface area contributed by atoms with E-state index >= 15 is 0 Å². The molecule has 0 bridgehead atoms. The highest BCUT2D eigenvalue weighted by atomic mass is 35.5. The Labute approximate surface area is 210 Å². The van der Waals surface area contributed by atoms with Gasteiger partial charge < -0.3 is 24.8 Å². The Kier molecular flexibility index (Phi) is 7.88. The zero-order valence-electron chi connectivity index (χ0n) is 19.3. The predicted molar refractivity (Wildman–Crippen MR) is 128 cm³/mol. The normalized spacial score (nSPS) is 24.5. The van der Waals surface area contributed by atoms with Crippen LogP contribution in [-0.2, 0) is 30.0 Å². The molecule has 0 spiro atoms. The second kappa shape index (κ2) is 10.8. The number of nitrogens with two attached hydrogens (primary N) is 1. The van der Waals surface area contributed by atoms with Gasteiger partial charge in [0.05, 0.1) is 12.9 Å². The number of nitrogens with one attached hydrogen (secondary N) is 1. The average Bonchev–Trinajstić information content (AvgIpc) is 3.37. The zero-order valence-corrected chi connectivity index (χ0v) is 21.0. The van der Waals surface area contributed by atoms with Crippen LogP contribution in [0.5, 0.6) is 0 Å². The van der Waals surface area contributed by atoms with Crippen LogP contribution in [0.2, 0.25) is 5.28 Å². The van der Waals surface area contributed by atoms with Gasteiger partial charge in [-0.1, -0.05) is 30.3 Å². The van der Waals surface area contributed by atoms with Crippen LogP contribution < -0.4 is 10.8 Å². The van der Waals surface area contributed by atoms with Crippen molar-refractivity contribution in [3.63, 3.8) is 0 Å². The van der Waals surface area contributed by atoms with Crippen molar-refractivity contribution in [3.05, 3.63) is 47.5 Å². The molecular formula is C21H25ClFN6O6P. The van der Waals surface area contributed by atoms with Gasteiger partial charge in [0.1, 0.15) is 30.4 Å². The quantitative estimate of drug-likeness (QED) is 0.206. The number of aliphatic hydroxyl groups excluding tert-OH is 1. The molecule has 0 amide bonds. The third-order valence-corrected chi connectivity index (χ3v) is 7.15. The number of ether oxygens (including phenoxy) is 2. The molecule has 0 saturated carbocycles. The van der Waals surface area contributed by atoms with Gasteiger partial charge in [-0.05, 0) is 24.1 Å². The van der Waals surface area contributed by atoms with Gasteiger partial charge in [-0.3, -0.25) is 13.9 Å². The molecule has 6 atom stereocenters. The molecule has 4 N–H and O–H groups in total. The van der Waals surface area contributed by atoms with Crippen molar-refractivity contribution >= 4 is 42.1 Å². The van der Waals surface area contributed by atoms with Crippen LogP contribution in [0.15, 0.2) is 36.7 Å². The molecule has 194 valence electrons. The van der Waals surface area contributed by atoms with Gasteiger partial charge >= 0.3 is 5.97 Å². The number of nitrogens with zero attached hydrogens (tertiary/aromatic N) is 4. The lowest BCUT2D eigenvalue weighted by molar-refractivity contribution is -0.146. The van der Waals surface area contributed by atoms with Crippen molar-refractivity contribution in [1.82, 2.24) is 24.6 Å². The summed E-state index contributed by atoms with van der Waals surface area (Å²) in [5.41, 5.74) is 6.90. The van der Waals surface area contributed by atoms with E-state index in [0.717, 1.165) is 5.56 Å². The molecule has 2 aromatic heterocycles.